The number of hydrogen-bond acceptors (Lipinski definition) is 22. The van der Waals surface area contributed by atoms with Crippen LogP contribution in [-0.2, 0) is 23.8 Å². The zero-order chi connectivity index (χ0) is 102. The second-order valence-corrected chi connectivity index (χ2v) is 39.2. The molecule has 0 bridgehead atoms. The summed E-state index contributed by atoms with van der Waals surface area (Å²) in [5.74, 6) is 1.49. The second-order valence-electron chi connectivity index (χ2n) is 37.9. The molecule has 18 aromatic rings. The average molecular weight is 2050 g/mol. The molecule has 6 aromatic carbocycles. The molecule has 6 fully saturated rings. The van der Waals surface area contributed by atoms with Crippen molar-refractivity contribution in [3.8, 4) is 34.1 Å². The van der Waals surface area contributed by atoms with Gasteiger partial charge in [0.2, 0.25) is 11.8 Å². The molecule has 0 aliphatic carbocycles. The lowest BCUT2D eigenvalue weighted by atomic mass is 9.92. The summed E-state index contributed by atoms with van der Waals surface area (Å²) >= 11 is 18.1. The summed E-state index contributed by atoms with van der Waals surface area (Å²) in [6.07, 6.45) is 29.9. The summed E-state index contributed by atoms with van der Waals surface area (Å²) in [7, 11) is 3.59. The number of aromatic nitrogens is 18. The van der Waals surface area contributed by atoms with Crippen LogP contribution in [0.1, 0.15) is 158 Å². The summed E-state index contributed by atoms with van der Waals surface area (Å²) in [5, 5.41) is 47.8. The number of nitrogens with one attached hydrogen (secondary N) is 3. The third-order valence-corrected chi connectivity index (χ3v) is 28.6. The van der Waals surface area contributed by atoms with E-state index in [4.69, 9.17) is 85.3 Å². The number of nitrogens with zero attached hydrogens (tertiary/aromatic N) is 22. The van der Waals surface area contributed by atoms with Crippen molar-refractivity contribution >= 4 is 124 Å². The SMILES string of the molecule is CCOC(=O)N1CCC(c2nn(-c3ccc(Cl)cc3)c3cnccc23)CC1.CN(C)C(=O)N1CCC(c2nn(-c3ccc(Cl)cc3)c3cnccc23)CC1.Cc1ccc(-n2nc(C3CCC(=O)NC3)c3ccncc32)cc1.Cc1ccc(-n2nc(C3CCOCN3)c3ccncc32)cc1.Cc1ccc(-n2nc(C3CNCCO3)c3ccncc32)cc1.NCCC(=O)N1CCC(c2nn(-c3ccc(Cl)cc3)c3cnccc23)CC1. The predicted octanol–water partition coefficient (Wildman–Crippen LogP) is 19.3. The number of morpholine rings is 1. The first-order valence-corrected chi connectivity index (χ1v) is 51.6. The van der Waals surface area contributed by atoms with E-state index in [2.05, 4.69) is 139 Å². The van der Waals surface area contributed by atoms with Crippen molar-refractivity contribution in [3.05, 3.63) is 322 Å². The fourth-order valence-electron chi connectivity index (χ4n) is 19.9. The number of nitrogens with two attached hydrogens (primary N) is 1. The van der Waals surface area contributed by atoms with E-state index in [1.165, 1.54) is 16.7 Å². The molecule has 3 unspecified atom stereocenters. The lowest BCUT2D eigenvalue weighted by molar-refractivity contribution is -0.132. The number of ether oxygens (including phenoxy) is 3. The molecule has 5 amide bonds. The molecule has 0 spiro atoms. The molecule has 760 valence electrons. The van der Waals surface area contributed by atoms with Gasteiger partial charge in [0, 0.05) is 201 Å². The summed E-state index contributed by atoms with van der Waals surface area (Å²) in [6, 6.07) is 60.4. The first kappa shape index (κ1) is 102. The summed E-state index contributed by atoms with van der Waals surface area (Å²) in [5.41, 5.74) is 27.5. The topological polar surface area (TPSA) is 355 Å². The van der Waals surface area contributed by atoms with Gasteiger partial charge in [-0.25, -0.2) is 37.7 Å². The van der Waals surface area contributed by atoms with Gasteiger partial charge in [-0.1, -0.05) is 87.9 Å². The molecular weight excluding hydrogens is 1930 g/mol. The number of halogens is 3. The number of benzene rings is 6. The van der Waals surface area contributed by atoms with Crippen molar-refractivity contribution in [1.29, 1.82) is 0 Å². The number of pyridine rings is 6. The molecule has 18 heterocycles. The number of amides is 5. The Balaban J connectivity index is 0.000000112. The first-order chi connectivity index (χ1) is 72.3. The van der Waals surface area contributed by atoms with Gasteiger partial charge in [-0.05, 0) is 225 Å². The van der Waals surface area contributed by atoms with Gasteiger partial charge in [-0.2, -0.15) is 30.6 Å². The first-order valence-electron chi connectivity index (χ1n) is 50.5. The van der Waals surface area contributed by atoms with Crippen LogP contribution in [0.5, 0.6) is 0 Å². The molecule has 6 saturated heterocycles. The quantitative estimate of drug-likeness (QED) is 0.0740. The highest BCUT2D eigenvalue weighted by molar-refractivity contribution is 6.31. The Labute approximate surface area is 872 Å². The molecule has 0 saturated carbocycles. The van der Waals surface area contributed by atoms with Crippen LogP contribution in [0, 0.1) is 20.8 Å². The van der Waals surface area contributed by atoms with Gasteiger partial charge in [0.1, 0.15) is 11.8 Å². The van der Waals surface area contributed by atoms with Crippen molar-refractivity contribution in [2.24, 2.45) is 5.73 Å². The third-order valence-electron chi connectivity index (χ3n) is 27.9. The molecule has 5 N–H and O–H groups in total. The van der Waals surface area contributed by atoms with Crippen molar-refractivity contribution in [2.75, 3.05) is 106 Å². The van der Waals surface area contributed by atoms with Crippen LogP contribution < -0.4 is 21.7 Å². The number of aryl methyl sites for hydroxylation is 3. The molecule has 33 nitrogen and oxygen atoms in total. The van der Waals surface area contributed by atoms with E-state index in [1.54, 1.807) is 42.5 Å². The maximum Gasteiger partial charge on any atom is 0.409 e. The van der Waals surface area contributed by atoms with Crippen LogP contribution >= 0.6 is 34.8 Å². The number of piperidine rings is 4. The number of likely N-dealkylation sites (tertiary alicyclic amines) is 3. The molecular formula is C112H119Cl3N26O7. The smallest absolute Gasteiger partial charge is 0.409 e. The minimum atomic E-state index is -0.225. The molecule has 6 aliphatic heterocycles. The van der Waals surface area contributed by atoms with Crippen LogP contribution in [0.3, 0.4) is 0 Å². The normalized spacial score (nSPS) is 16.8. The second kappa shape index (κ2) is 47.4. The van der Waals surface area contributed by atoms with Crippen LogP contribution in [0.2, 0.25) is 15.1 Å². The van der Waals surface area contributed by atoms with Gasteiger partial charge in [-0.15, -0.1) is 0 Å². The van der Waals surface area contributed by atoms with E-state index in [-0.39, 0.29) is 42.0 Å². The monoisotopic (exact) mass is 2040 g/mol. The number of urea groups is 1. The van der Waals surface area contributed by atoms with E-state index in [9.17, 15) is 19.2 Å². The van der Waals surface area contributed by atoms with Crippen LogP contribution in [-0.4, -0.2) is 238 Å². The summed E-state index contributed by atoms with van der Waals surface area (Å²) < 4.78 is 28.0. The number of fused-ring (bicyclic) bond motifs is 6. The Kier molecular flexibility index (Phi) is 32.6. The lowest BCUT2D eigenvalue weighted by Crippen LogP contribution is -2.43. The van der Waals surface area contributed by atoms with Gasteiger partial charge in [0.25, 0.3) is 0 Å². The molecule has 36 heteroatoms. The van der Waals surface area contributed by atoms with Gasteiger partial charge in [0.05, 0.1) is 165 Å². The molecule has 0 radical (unpaired) electrons. The van der Waals surface area contributed by atoms with Gasteiger partial charge in [0.15, 0.2) is 0 Å². The highest BCUT2D eigenvalue weighted by Crippen LogP contribution is 2.41. The predicted molar refractivity (Wildman–Crippen MR) is 576 cm³/mol. The minimum Gasteiger partial charge on any atom is -0.450 e. The Morgan fingerprint density at radius 2 is 0.736 bits per heavy atom. The fourth-order valence-corrected chi connectivity index (χ4v) is 20.3. The standard InChI is InChI=1S/2C20H22ClN5O.C20H21ClN4O2.C18H18N4O.2C17H18N4O/c1-24(2)20(27)25-11-8-14(9-12-25)19-17-7-10-22-13-18(17)26(23-19)16-5-3-15(21)4-6-16;21-15-1-3-16(4-2-15)26-18-13-23-10-6-17(18)20(24-26)14-7-11-25(12-8-14)19(27)5-9-22;1-2-27-20(26)24-11-8-14(9-12-24)19-17-7-10-22-13-18(17)25(23-19)16-5-3-15(21)4-6-16;1-12-2-5-14(6-3-12)22-16-11-19-9-8-15(16)18(21-22)13-4-7-17(23)20-10-13;1-12-2-4-13(5-3-12)21-16-10-18-8-6-14(16)17(20-21)15-7-9-22-11-19-15;1-12-2-4-13(5-3-12)21-15-10-18-7-6-14(15)17(20-21)16-11-19-8-9-22-16/h3-7,10,13-14H,8-9,11-12H2,1-2H3;1-4,6,10,13-14H,5,7-9,11-12,22H2;3-7,10,13-14H,2,8-9,11-12H2,1H3;2-3,5-6,8-9,11,13H,4,7,10H2,1H3,(H,20,23);2-6,8,10,15,19H,7,9,11H2,1H3;2-7,10,16,19H,8-9,11H2,1H3. The molecule has 24 rings (SSSR count). The minimum absolute atomic E-state index is 0.00894. The van der Waals surface area contributed by atoms with E-state index >= 15 is 0 Å². The highest BCUT2D eigenvalue weighted by atomic mass is 35.5. The summed E-state index contributed by atoms with van der Waals surface area (Å²) in [4.78, 5) is 80.5. The molecule has 6 aliphatic rings. The third kappa shape index (κ3) is 23.3. The van der Waals surface area contributed by atoms with Crippen LogP contribution in [0.4, 0.5) is 9.59 Å². The van der Waals surface area contributed by atoms with Crippen LogP contribution in [0.15, 0.2) is 256 Å². The number of carbonyl (C=O) groups excluding carboxylic acids is 4. The van der Waals surface area contributed by atoms with Crippen molar-refractivity contribution in [2.45, 2.75) is 128 Å². The Hall–Kier alpha value is -14.8. The van der Waals surface area contributed by atoms with E-state index < -0.39 is 0 Å². The Morgan fingerprint density at radius 1 is 0.405 bits per heavy atom. The number of hydrogen-bond donors (Lipinski definition) is 4. The highest BCUT2D eigenvalue weighted by Gasteiger charge is 2.34. The van der Waals surface area contributed by atoms with E-state index in [1.807, 2.05) is 210 Å². The zero-order valence-corrected chi connectivity index (χ0v) is 85.9. The number of carbonyl (C=O) groups is 4. The van der Waals surface area contributed by atoms with Crippen molar-refractivity contribution in [1.82, 2.24) is 124 Å². The van der Waals surface area contributed by atoms with Gasteiger partial charge >= 0.3 is 12.1 Å². The van der Waals surface area contributed by atoms with Crippen molar-refractivity contribution < 1.29 is 33.4 Å². The molecule has 12 aromatic heterocycles. The van der Waals surface area contributed by atoms with E-state index in [0.717, 1.165) is 231 Å². The molecule has 148 heavy (non-hydrogen) atoms. The van der Waals surface area contributed by atoms with Crippen LogP contribution in [0.25, 0.3) is 99.5 Å². The fraction of sp³-hybridized carbons (Fsp3) is 0.321. The maximum atomic E-state index is 12.2. The zero-order valence-electron chi connectivity index (χ0n) is 83.6. The maximum absolute atomic E-state index is 12.2. The molecule has 3 atom stereocenters. The van der Waals surface area contributed by atoms with E-state index in [0.29, 0.717) is 91.8 Å². The van der Waals surface area contributed by atoms with Crippen molar-refractivity contribution in [3.63, 3.8) is 0 Å². The Bertz CT molecular complexity index is 7310. The van der Waals surface area contributed by atoms with Gasteiger partial charge in [-0.3, -0.25) is 44.8 Å². The Morgan fingerprint density at radius 3 is 1.06 bits per heavy atom. The van der Waals surface area contributed by atoms with Gasteiger partial charge < -0.3 is 50.2 Å². The lowest BCUT2D eigenvalue weighted by Gasteiger charge is -2.33. The number of rotatable bonds is 15. The summed E-state index contributed by atoms with van der Waals surface area (Å²) in [6.45, 7) is 17.7. The largest absolute Gasteiger partial charge is 0.450 e. The average Bonchev–Trinajstić information content (AvgIpc) is 1.64.